The molecule has 1 saturated heterocycles. The summed E-state index contributed by atoms with van der Waals surface area (Å²) in [5.41, 5.74) is -0.646. The highest BCUT2D eigenvalue weighted by molar-refractivity contribution is 5.94. The van der Waals surface area contributed by atoms with Crippen LogP contribution in [0.1, 0.15) is 48.0 Å². The van der Waals surface area contributed by atoms with Crippen molar-refractivity contribution in [1.29, 1.82) is 0 Å². The molecule has 0 bridgehead atoms. The van der Waals surface area contributed by atoms with E-state index in [-0.39, 0.29) is 24.4 Å². The smallest absolute Gasteiger partial charge is 0.408 e. The highest BCUT2D eigenvalue weighted by Gasteiger charge is 2.36. The maximum absolute atomic E-state index is 12.4. The minimum Gasteiger partial charge on any atom is -0.444 e. The zero-order chi connectivity index (χ0) is 17.8. The number of Topliss-reactive ketones (excluding diaryl/α,β-unsaturated/α-hetero) is 1. The lowest BCUT2D eigenvalue weighted by Gasteiger charge is -2.25. The van der Waals surface area contributed by atoms with E-state index >= 15 is 0 Å². The quantitative estimate of drug-likeness (QED) is 0.795. The Labute approximate surface area is 137 Å². The number of carbonyl (C=O) groups is 3. The van der Waals surface area contributed by atoms with Gasteiger partial charge in [-0.3, -0.25) is 9.59 Å². The molecule has 1 heterocycles. The van der Waals surface area contributed by atoms with Crippen molar-refractivity contribution in [1.82, 2.24) is 10.6 Å². The molecule has 7 nitrogen and oxygen atoms in total. The molecule has 1 aliphatic heterocycles. The summed E-state index contributed by atoms with van der Waals surface area (Å²) < 4.78 is 10.4. The van der Waals surface area contributed by atoms with Crippen LogP contribution >= 0.6 is 0 Å². The third kappa shape index (κ3) is 6.56. The second kappa shape index (κ2) is 7.77. The number of rotatable bonds is 5. The Kier molecular flexibility index (Phi) is 6.56. The SMILES string of the molecule is CC(C)C[C@H](NC(=O)OC(C)(C)C)C(=O)N[C@@H]1C(=O)CO[C@@H]1C. The van der Waals surface area contributed by atoms with Gasteiger partial charge in [0.05, 0.1) is 6.10 Å². The van der Waals surface area contributed by atoms with Crippen LogP contribution in [0.4, 0.5) is 4.79 Å². The Bertz CT molecular complexity index is 456. The molecule has 1 rings (SSSR count). The number of hydrogen-bond donors (Lipinski definition) is 2. The largest absolute Gasteiger partial charge is 0.444 e. The van der Waals surface area contributed by atoms with E-state index in [2.05, 4.69) is 10.6 Å². The molecule has 0 aromatic carbocycles. The summed E-state index contributed by atoms with van der Waals surface area (Å²) in [6, 6.07) is -1.43. The topological polar surface area (TPSA) is 93.7 Å². The molecule has 1 aliphatic rings. The van der Waals surface area contributed by atoms with Gasteiger partial charge in [-0.25, -0.2) is 4.79 Å². The van der Waals surface area contributed by atoms with Gasteiger partial charge in [-0.05, 0) is 40.0 Å². The van der Waals surface area contributed by atoms with Crippen LogP contribution in [0.2, 0.25) is 0 Å². The second-order valence-electron chi connectivity index (χ2n) is 7.30. The summed E-state index contributed by atoms with van der Waals surface area (Å²) in [5, 5.41) is 5.25. The molecule has 0 aromatic rings. The summed E-state index contributed by atoms with van der Waals surface area (Å²) in [5.74, 6) is -0.375. The van der Waals surface area contributed by atoms with Crippen LogP contribution in [0.25, 0.3) is 0 Å². The summed E-state index contributed by atoms with van der Waals surface area (Å²) in [6.45, 7) is 10.9. The van der Waals surface area contributed by atoms with Gasteiger partial charge >= 0.3 is 6.09 Å². The molecule has 0 aromatic heterocycles. The maximum Gasteiger partial charge on any atom is 0.408 e. The average molecular weight is 328 g/mol. The van der Waals surface area contributed by atoms with Crippen LogP contribution in [0.15, 0.2) is 0 Å². The van der Waals surface area contributed by atoms with Crippen molar-refractivity contribution in [3.05, 3.63) is 0 Å². The van der Waals surface area contributed by atoms with Crippen LogP contribution in [0.5, 0.6) is 0 Å². The predicted molar refractivity (Wildman–Crippen MR) is 85.0 cm³/mol. The molecule has 2 N–H and O–H groups in total. The van der Waals surface area contributed by atoms with Gasteiger partial charge in [-0.15, -0.1) is 0 Å². The fourth-order valence-electron chi connectivity index (χ4n) is 2.27. The fourth-order valence-corrected chi connectivity index (χ4v) is 2.27. The number of alkyl carbamates (subject to hydrolysis) is 1. The first-order valence-corrected chi connectivity index (χ1v) is 7.94. The Morgan fingerprint density at radius 1 is 1.35 bits per heavy atom. The zero-order valence-corrected chi connectivity index (χ0v) is 14.8. The van der Waals surface area contributed by atoms with Gasteiger partial charge in [0.25, 0.3) is 0 Å². The van der Waals surface area contributed by atoms with Gasteiger partial charge in [0.2, 0.25) is 5.91 Å². The molecule has 0 aliphatic carbocycles. The van der Waals surface area contributed by atoms with Crippen molar-refractivity contribution in [3.8, 4) is 0 Å². The van der Waals surface area contributed by atoms with Crippen molar-refractivity contribution in [2.75, 3.05) is 6.61 Å². The minimum atomic E-state index is -0.759. The van der Waals surface area contributed by atoms with Gasteiger partial charge < -0.3 is 20.1 Å². The second-order valence-corrected chi connectivity index (χ2v) is 7.30. The molecule has 0 unspecified atom stereocenters. The number of carbonyl (C=O) groups excluding carboxylic acids is 3. The zero-order valence-electron chi connectivity index (χ0n) is 14.8. The van der Waals surface area contributed by atoms with Crippen LogP contribution < -0.4 is 10.6 Å². The maximum atomic E-state index is 12.4. The normalized spacial score (nSPS) is 22.8. The van der Waals surface area contributed by atoms with Crippen molar-refractivity contribution in [2.45, 2.75) is 71.8 Å². The standard InChI is InChI=1S/C16H28N2O5/c1-9(2)7-11(17-15(21)23-16(4,5)6)14(20)18-13-10(3)22-8-12(13)19/h9-11,13H,7-8H2,1-6H3,(H,17,21)(H,18,20)/t10-,11+,13+/m1/s1. The van der Waals surface area contributed by atoms with E-state index in [9.17, 15) is 14.4 Å². The van der Waals surface area contributed by atoms with Crippen LogP contribution in [0, 0.1) is 5.92 Å². The number of ether oxygens (including phenoxy) is 2. The summed E-state index contributed by atoms with van der Waals surface area (Å²) in [6.07, 6.45) is -0.575. The monoisotopic (exact) mass is 328 g/mol. The lowest BCUT2D eigenvalue weighted by molar-refractivity contribution is -0.128. The number of nitrogens with one attached hydrogen (secondary N) is 2. The predicted octanol–water partition coefficient (Wildman–Crippen LogP) is 1.40. The van der Waals surface area contributed by atoms with E-state index < -0.39 is 29.7 Å². The lowest BCUT2D eigenvalue weighted by atomic mass is 10.0. The molecule has 0 radical (unpaired) electrons. The highest BCUT2D eigenvalue weighted by Crippen LogP contribution is 2.12. The van der Waals surface area contributed by atoms with Crippen molar-refractivity contribution in [3.63, 3.8) is 0 Å². The van der Waals surface area contributed by atoms with Crippen LogP contribution in [-0.4, -0.2) is 48.2 Å². The van der Waals surface area contributed by atoms with Crippen molar-refractivity contribution < 1.29 is 23.9 Å². The Hall–Kier alpha value is -1.63. The van der Waals surface area contributed by atoms with Gasteiger partial charge in [0.15, 0.2) is 5.78 Å². The van der Waals surface area contributed by atoms with Gasteiger partial charge in [-0.1, -0.05) is 13.8 Å². The first kappa shape index (κ1) is 19.4. The van der Waals surface area contributed by atoms with Gasteiger partial charge in [-0.2, -0.15) is 0 Å². The van der Waals surface area contributed by atoms with E-state index in [4.69, 9.17) is 9.47 Å². The van der Waals surface area contributed by atoms with E-state index in [0.717, 1.165) is 0 Å². The van der Waals surface area contributed by atoms with Crippen molar-refractivity contribution in [2.24, 2.45) is 5.92 Å². The van der Waals surface area contributed by atoms with Crippen molar-refractivity contribution >= 4 is 17.8 Å². The number of hydrogen-bond acceptors (Lipinski definition) is 5. The number of ketones is 1. The lowest BCUT2D eigenvalue weighted by Crippen LogP contribution is -2.53. The first-order valence-electron chi connectivity index (χ1n) is 7.94. The van der Waals surface area contributed by atoms with Crippen LogP contribution in [0.3, 0.4) is 0 Å². The van der Waals surface area contributed by atoms with E-state index in [1.807, 2.05) is 13.8 Å². The fraction of sp³-hybridized carbons (Fsp3) is 0.812. The Balaban J connectivity index is 2.70. The first-order chi connectivity index (χ1) is 10.5. The highest BCUT2D eigenvalue weighted by atomic mass is 16.6. The number of amides is 2. The summed E-state index contributed by atoms with van der Waals surface area (Å²) in [7, 11) is 0. The van der Waals surface area contributed by atoms with E-state index in [0.29, 0.717) is 6.42 Å². The molecule has 0 saturated carbocycles. The van der Waals surface area contributed by atoms with Crippen LogP contribution in [-0.2, 0) is 19.1 Å². The van der Waals surface area contributed by atoms with Gasteiger partial charge in [0, 0.05) is 0 Å². The molecule has 2 amide bonds. The van der Waals surface area contributed by atoms with E-state index in [1.54, 1.807) is 27.7 Å². The molecule has 7 heteroatoms. The molecular formula is C16H28N2O5. The molecule has 132 valence electrons. The average Bonchev–Trinajstić information content (AvgIpc) is 2.66. The molecular weight excluding hydrogens is 300 g/mol. The molecule has 23 heavy (non-hydrogen) atoms. The third-order valence-corrected chi connectivity index (χ3v) is 3.32. The molecule has 3 atom stereocenters. The minimum absolute atomic E-state index is 0.000451. The summed E-state index contributed by atoms with van der Waals surface area (Å²) >= 11 is 0. The Morgan fingerprint density at radius 2 is 1.96 bits per heavy atom. The Morgan fingerprint density at radius 3 is 2.39 bits per heavy atom. The van der Waals surface area contributed by atoms with E-state index in [1.165, 1.54) is 0 Å². The van der Waals surface area contributed by atoms with Gasteiger partial charge in [0.1, 0.15) is 24.3 Å². The molecule has 1 fully saturated rings. The summed E-state index contributed by atoms with van der Waals surface area (Å²) in [4.78, 5) is 36.1. The third-order valence-electron chi connectivity index (χ3n) is 3.32. The molecule has 0 spiro atoms.